The van der Waals surface area contributed by atoms with Crippen LogP contribution in [0.3, 0.4) is 0 Å². The van der Waals surface area contributed by atoms with Gasteiger partial charge in [-0.15, -0.1) is 10.2 Å². The summed E-state index contributed by atoms with van der Waals surface area (Å²) in [4.78, 5) is 16.0. The first kappa shape index (κ1) is 20.8. The zero-order valence-corrected chi connectivity index (χ0v) is 18.6. The summed E-state index contributed by atoms with van der Waals surface area (Å²) < 4.78 is 44.9. The number of piperidine rings is 1. The van der Waals surface area contributed by atoms with Gasteiger partial charge in [-0.2, -0.15) is 4.98 Å². The molecule has 0 radical (unpaired) electrons. The molecule has 0 spiro atoms. The molecule has 6 rings (SSSR count). The molecule has 1 aromatic carbocycles. The van der Waals surface area contributed by atoms with Gasteiger partial charge in [-0.05, 0) is 44.7 Å². The van der Waals surface area contributed by atoms with E-state index in [1.807, 2.05) is 11.5 Å². The number of halogens is 3. The molecule has 1 fully saturated rings. The molecule has 2 aliphatic rings. The average Bonchev–Trinajstić information content (AvgIpc) is 3.49. The topological polar surface area (TPSA) is 77.5 Å². The number of benzene rings is 1. The van der Waals surface area contributed by atoms with E-state index in [0.29, 0.717) is 5.95 Å². The van der Waals surface area contributed by atoms with Crippen LogP contribution < -0.4 is 4.90 Å². The molecular weight excluding hydrogens is 445 g/mol. The van der Waals surface area contributed by atoms with Crippen molar-refractivity contribution in [3.8, 4) is 23.0 Å². The van der Waals surface area contributed by atoms with Crippen molar-refractivity contribution >= 4 is 5.82 Å². The lowest BCUT2D eigenvalue weighted by molar-refractivity contribution is 0.274. The van der Waals surface area contributed by atoms with E-state index in [-0.39, 0.29) is 16.9 Å². The lowest BCUT2D eigenvalue weighted by Crippen LogP contribution is -2.54. The highest BCUT2D eigenvalue weighted by Crippen LogP contribution is 2.48. The van der Waals surface area contributed by atoms with E-state index in [0.717, 1.165) is 67.5 Å². The molecule has 1 atom stereocenters. The minimum atomic E-state index is -1.52. The summed E-state index contributed by atoms with van der Waals surface area (Å²) in [6.45, 7) is 4.86. The van der Waals surface area contributed by atoms with Gasteiger partial charge in [0, 0.05) is 24.5 Å². The second-order valence-electron chi connectivity index (χ2n) is 8.65. The molecule has 5 heterocycles. The molecule has 1 unspecified atom stereocenters. The minimum Gasteiger partial charge on any atom is -0.342 e. The van der Waals surface area contributed by atoms with Crippen LogP contribution in [-0.4, -0.2) is 40.8 Å². The Balaban J connectivity index is 1.53. The van der Waals surface area contributed by atoms with Gasteiger partial charge >= 0.3 is 0 Å². The quantitative estimate of drug-likeness (QED) is 0.420. The minimum absolute atomic E-state index is 0.0838. The van der Waals surface area contributed by atoms with Gasteiger partial charge in [0.05, 0.1) is 6.20 Å². The van der Waals surface area contributed by atoms with Gasteiger partial charge in [0.2, 0.25) is 5.95 Å². The third-order valence-corrected chi connectivity index (χ3v) is 6.90. The number of imidazole rings is 1. The van der Waals surface area contributed by atoms with Crippen LogP contribution in [0.25, 0.3) is 23.0 Å². The Bertz CT molecular complexity index is 1400. The van der Waals surface area contributed by atoms with Crippen molar-refractivity contribution in [3.63, 3.8) is 0 Å². The second kappa shape index (κ2) is 7.37. The van der Waals surface area contributed by atoms with Crippen LogP contribution in [0.4, 0.5) is 19.0 Å². The highest BCUT2D eigenvalue weighted by atomic mass is 19.2. The van der Waals surface area contributed by atoms with Crippen molar-refractivity contribution in [1.82, 2.24) is 34.3 Å². The first-order chi connectivity index (χ1) is 16.4. The van der Waals surface area contributed by atoms with E-state index in [2.05, 4.69) is 32.0 Å². The predicted molar refractivity (Wildman–Crippen MR) is 117 cm³/mol. The summed E-state index contributed by atoms with van der Waals surface area (Å²) in [6, 6.07) is 1.82. The summed E-state index contributed by atoms with van der Waals surface area (Å²) >= 11 is 0. The van der Waals surface area contributed by atoms with Crippen LogP contribution in [0.5, 0.6) is 0 Å². The SMILES string of the molecule is CCC12CCCCN1c1nc(-n3ccnc3-c3cc(F)c(F)c(F)c3)ncc1-n1c(C)nnc12. The van der Waals surface area contributed by atoms with E-state index in [4.69, 9.17) is 4.98 Å². The van der Waals surface area contributed by atoms with E-state index in [1.54, 1.807) is 17.0 Å². The highest BCUT2D eigenvalue weighted by molar-refractivity contribution is 5.65. The molecule has 3 aromatic heterocycles. The van der Waals surface area contributed by atoms with Crippen molar-refractivity contribution in [1.29, 1.82) is 0 Å². The summed E-state index contributed by atoms with van der Waals surface area (Å²) in [5.74, 6) is -1.19. The molecule has 0 saturated carbocycles. The Kier molecular flexibility index (Phi) is 4.51. The van der Waals surface area contributed by atoms with Gasteiger partial charge in [-0.1, -0.05) is 6.92 Å². The van der Waals surface area contributed by atoms with Crippen LogP contribution >= 0.6 is 0 Å². The lowest BCUT2D eigenvalue weighted by Gasteiger charge is -2.49. The highest BCUT2D eigenvalue weighted by Gasteiger charge is 2.48. The number of rotatable bonds is 3. The molecule has 2 aliphatic heterocycles. The number of hydrogen-bond acceptors (Lipinski definition) is 6. The first-order valence-electron chi connectivity index (χ1n) is 11.2. The van der Waals surface area contributed by atoms with Crippen molar-refractivity contribution in [3.05, 3.63) is 59.8 Å². The number of aromatic nitrogens is 7. The van der Waals surface area contributed by atoms with Gasteiger partial charge in [0.1, 0.15) is 22.9 Å². The van der Waals surface area contributed by atoms with E-state index >= 15 is 0 Å². The predicted octanol–water partition coefficient (Wildman–Crippen LogP) is 4.24. The van der Waals surface area contributed by atoms with Gasteiger partial charge in [0.25, 0.3) is 0 Å². The Morgan fingerprint density at radius 2 is 1.85 bits per heavy atom. The van der Waals surface area contributed by atoms with Crippen molar-refractivity contribution in [2.75, 3.05) is 11.4 Å². The molecule has 11 heteroatoms. The van der Waals surface area contributed by atoms with E-state index < -0.39 is 17.5 Å². The fourth-order valence-electron chi connectivity index (χ4n) is 5.25. The molecule has 1 saturated heterocycles. The standard InChI is InChI=1S/C23H21F3N8/c1-3-23-6-4-5-8-33(23)20-17(34-13(2)30-31-21(23)34)12-28-22(29-20)32-9-7-27-19(32)14-10-15(24)18(26)16(25)11-14/h7,9-12H,3-6,8H2,1-2H3. The fourth-order valence-corrected chi connectivity index (χ4v) is 5.25. The van der Waals surface area contributed by atoms with E-state index in [1.165, 1.54) is 6.20 Å². The van der Waals surface area contributed by atoms with E-state index in [9.17, 15) is 13.2 Å². The molecule has 0 amide bonds. The number of hydrogen-bond donors (Lipinski definition) is 0. The van der Waals surface area contributed by atoms with Crippen LogP contribution in [-0.2, 0) is 5.54 Å². The van der Waals surface area contributed by atoms with Gasteiger partial charge in [0.15, 0.2) is 29.1 Å². The van der Waals surface area contributed by atoms with Crippen LogP contribution in [0.1, 0.15) is 44.3 Å². The summed E-state index contributed by atoms with van der Waals surface area (Å²) in [7, 11) is 0. The molecule has 34 heavy (non-hydrogen) atoms. The average molecular weight is 466 g/mol. The maximum Gasteiger partial charge on any atom is 0.237 e. The monoisotopic (exact) mass is 466 g/mol. The molecule has 0 N–H and O–H groups in total. The molecule has 4 aromatic rings. The maximum atomic E-state index is 13.9. The van der Waals surface area contributed by atoms with Crippen molar-refractivity contribution in [2.45, 2.75) is 45.1 Å². The number of fused-ring (bicyclic) bond motifs is 6. The smallest absolute Gasteiger partial charge is 0.237 e. The Hall–Kier alpha value is -3.76. The van der Waals surface area contributed by atoms with Crippen molar-refractivity contribution < 1.29 is 13.2 Å². The molecular formula is C23H21F3N8. The summed E-state index contributed by atoms with van der Waals surface area (Å²) in [5, 5.41) is 8.88. The zero-order chi connectivity index (χ0) is 23.6. The largest absolute Gasteiger partial charge is 0.342 e. The normalized spacial score (nSPS) is 19.0. The Morgan fingerprint density at radius 1 is 1.06 bits per heavy atom. The number of aryl methyl sites for hydroxylation is 1. The van der Waals surface area contributed by atoms with Crippen LogP contribution in [0.2, 0.25) is 0 Å². The molecule has 0 bridgehead atoms. The third kappa shape index (κ3) is 2.75. The van der Waals surface area contributed by atoms with Crippen LogP contribution in [0, 0.1) is 24.4 Å². The molecule has 174 valence electrons. The lowest BCUT2D eigenvalue weighted by atomic mass is 9.82. The number of nitrogens with zero attached hydrogens (tertiary/aromatic N) is 8. The van der Waals surface area contributed by atoms with Crippen molar-refractivity contribution in [2.24, 2.45) is 0 Å². The van der Waals surface area contributed by atoms with Gasteiger partial charge in [-0.3, -0.25) is 9.13 Å². The second-order valence-corrected chi connectivity index (χ2v) is 8.65. The summed E-state index contributed by atoms with van der Waals surface area (Å²) in [6.07, 6.45) is 8.68. The fraction of sp³-hybridized carbons (Fsp3) is 0.348. The number of anilines is 1. The Morgan fingerprint density at radius 3 is 2.62 bits per heavy atom. The Labute approximate surface area is 193 Å². The summed E-state index contributed by atoms with van der Waals surface area (Å²) in [5.41, 5.74) is 0.548. The van der Waals surface area contributed by atoms with Crippen LogP contribution in [0.15, 0.2) is 30.7 Å². The third-order valence-electron chi connectivity index (χ3n) is 6.90. The van der Waals surface area contributed by atoms with Gasteiger partial charge < -0.3 is 4.90 Å². The maximum absolute atomic E-state index is 13.9. The molecule has 8 nitrogen and oxygen atoms in total. The first-order valence-corrected chi connectivity index (χ1v) is 11.2. The zero-order valence-electron chi connectivity index (χ0n) is 18.6. The van der Waals surface area contributed by atoms with Gasteiger partial charge in [-0.25, -0.2) is 23.1 Å². The molecule has 0 aliphatic carbocycles.